The normalized spacial score (nSPS) is 17.6. The van der Waals surface area contributed by atoms with E-state index in [9.17, 15) is 9.59 Å². The van der Waals surface area contributed by atoms with Gasteiger partial charge in [0.25, 0.3) is 5.91 Å². The van der Waals surface area contributed by atoms with Gasteiger partial charge in [-0.2, -0.15) is 0 Å². The number of ether oxygens (including phenoxy) is 3. The second-order valence-electron chi connectivity index (χ2n) is 9.99. The highest BCUT2D eigenvalue weighted by atomic mass is 35.5. The summed E-state index contributed by atoms with van der Waals surface area (Å²) in [5, 5.41) is 0.793. The van der Waals surface area contributed by atoms with Crippen LogP contribution in [0.5, 0.6) is 11.5 Å². The number of carbonyl (C=O) groups excluding carboxylic acids is 1. The van der Waals surface area contributed by atoms with Crippen molar-refractivity contribution in [2.75, 3.05) is 53.1 Å². The molecule has 208 valence electrons. The van der Waals surface area contributed by atoms with Gasteiger partial charge in [-0.15, -0.1) is 0 Å². The summed E-state index contributed by atoms with van der Waals surface area (Å²) in [6, 6.07) is 9.89. The summed E-state index contributed by atoms with van der Waals surface area (Å²) in [6.07, 6.45) is 3.91. The van der Waals surface area contributed by atoms with Gasteiger partial charge in [-0.25, -0.2) is 0 Å². The Balaban J connectivity index is 1.50. The average Bonchev–Trinajstić information content (AvgIpc) is 3.23. The lowest BCUT2D eigenvalue weighted by Crippen LogP contribution is -2.38. The van der Waals surface area contributed by atoms with Crippen molar-refractivity contribution in [3.05, 3.63) is 68.5 Å². The van der Waals surface area contributed by atoms with Crippen molar-refractivity contribution in [2.45, 2.75) is 38.6 Å². The molecule has 0 aliphatic carbocycles. The number of methoxy groups -OCH3 is 1. The predicted octanol–water partition coefficient (Wildman–Crippen LogP) is 5.29. The Hall–Kier alpha value is -3.07. The van der Waals surface area contributed by atoms with Gasteiger partial charge >= 0.3 is 0 Å². The number of carbonyl (C=O) groups is 1. The third-order valence-electron chi connectivity index (χ3n) is 7.41. The maximum absolute atomic E-state index is 13.8. The van der Waals surface area contributed by atoms with Gasteiger partial charge in [-0.1, -0.05) is 37.4 Å². The number of hydrogen-bond acceptors (Lipinski definition) is 7. The van der Waals surface area contributed by atoms with Crippen LogP contribution in [0.4, 0.5) is 0 Å². The number of morpholine rings is 1. The zero-order valence-electron chi connectivity index (χ0n) is 22.5. The molecule has 1 saturated heterocycles. The van der Waals surface area contributed by atoms with E-state index in [1.165, 1.54) is 0 Å². The molecule has 39 heavy (non-hydrogen) atoms. The fraction of sp³-hybridized carbons (Fsp3) is 0.467. The summed E-state index contributed by atoms with van der Waals surface area (Å²) < 4.78 is 23.1. The maximum Gasteiger partial charge on any atom is 0.290 e. The van der Waals surface area contributed by atoms with Crippen LogP contribution in [0.15, 0.2) is 45.6 Å². The molecule has 1 unspecified atom stereocenters. The molecule has 5 rings (SSSR count). The first-order valence-corrected chi connectivity index (χ1v) is 14.1. The van der Waals surface area contributed by atoms with E-state index in [4.69, 9.17) is 30.2 Å². The van der Waals surface area contributed by atoms with E-state index >= 15 is 0 Å². The molecule has 1 amide bonds. The second kappa shape index (κ2) is 12.4. The van der Waals surface area contributed by atoms with Crippen LogP contribution in [0, 0.1) is 0 Å². The van der Waals surface area contributed by atoms with Crippen LogP contribution in [0.2, 0.25) is 5.02 Å². The molecular weight excluding hydrogens is 520 g/mol. The summed E-state index contributed by atoms with van der Waals surface area (Å²) in [4.78, 5) is 31.6. The van der Waals surface area contributed by atoms with Gasteiger partial charge in [0.2, 0.25) is 5.76 Å². The number of amides is 1. The topological polar surface area (TPSA) is 81.5 Å². The van der Waals surface area contributed by atoms with Crippen molar-refractivity contribution in [1.29, 1.82) is 0 Å². The van der Waals surface area contributed by atoms with E-state index in [0.29, 0.717) is 46.2 Å². The molecule has 1 aromatic heterocycles. The third kappa shape index (κ3) is 5.78. The van der Waals surface area contributed by atoms with Gasteiger partial charge in [0, 0.05) is 31.2 Å². The summed E-state index contributed by atoms with van der Waals surface area (Å²) in [5.41, 5.74) is 1.19. The number of nitrogens with zero attached hydrogens (tertiary/aromatic N) is 2. The number of rotatable bonds is 11. The highest BCUT2D eigenvalue weighted by molar-refractivity contribution is 6.31. The Morgan fingerprint density at radius 3 is 2.59 bits per heavy atom. The van der Waals surface area contributed by atoms with E-state index in [-0.39, 0.29) is 17.1 Å². The standard InChI is InChI=1S/C30H35ClN2O6/c1-3-4-5-15-38-24-9-7-20(18-25(24)36-2)27-26-28(34)22-19-21(31)8-10-23(22)39-29(26)30(35)33(27)12-6-11-32-13-16-37-17-14-32/h7-10,18-19,27H,3-6,11-17H2,1-2H3. The Bertz CT molecular complexity index is 1380. The molecule has 9 heteroatoms. The molecule has 3 heterocycles. The number of unbranched alkanes of at least 4 members (excludes halogenated alkanes) is 2. The van der Waals surface area contributed by atoms with Crippen molar-refractivity contribution < 1.29 is 23.4 Å². The third-order valence-corrected chi connectivity index (χ3v) is 7.65. The lowest BCUT2D eigenvalue weighted by atomic mass is 9.98. The minimum Gasteiger partial charge on any atom is -0.493 e. The molecule has 1 fully saturated rings. The van der Waals surface area contributed by atoms with E-state index in [0.717, 1.165) is 64.1 Å². The summed E-state index contributed by atoms with van der Waals surface area (Å²) in [5.74, 6) is 0.999. The number of hydrogen-bond donors (Lipinski definition) is 0. The lowest BCUT2D eigenvalue weighted by Gasteiger charge is -2.29. The quantitative estimate of drug-likeness (QED) is 0.298. The highest BCUT2D eigenvalue weighted by Crippen LogP contribution is 2.41. The Morgan fingerprint density at radius 1 is 1.00 bits per heavy atom. The van der Waals surface area contributed by atoms with E-state index in [1.54, 1.807) is 30.2 Å². The smallest absolute Gasteiger partial charge is 0.290 e. The van der Waals surface area contributed by atoms with E-state index < -0.39 is 6.04 Å². The Kier molecular flexibility index (Phi) is 8.75. The van der Waals surface area contributed by atoms with E-state index in [1.807, 2.05) is 18.2 Å². The molecule has 2 aliphatic heterocycles. The lowest BCUT2D eigenvalue weighted by molar-refractivity contribution is 0.0353. The van der Waals surface area contributed by atoms with Crippen LogP contribution < -0.4 is 14.9 Å². The average molecular weight is 555 g/mol. The van der Waals surface area contributed by atoms with Gasteiger partial charge < -0.3 is 23.5 Å². The molecular formula is C30H35ClN2O6. The maximum atomic E-state index is 13.8. The molecule has 2 aliphatic rings. The molecule has 0 radical (unpaired) electrons. The number of halogens is 1. The molecule has 1 atom stereocenters. The van der Waals surface area contributed by atoms with Crippen molar-refractivity contribution in [1.82, 2.24) is 9.80 Å². The van der Waals surface area contributed by atoms with Crippen LogP contribution in [0.1, 0.15) is 60.3 Å². The predicted molar refractivity (Wildman–Crippen MR) is 150 cm³/mol. The molecule has 0 bridgehead atoms. The fourth-order valence-electron chi connectivity index (χ4n) is 5.37. The minimum atomic E-state index is -0.611. The van der Waals surface area contributed by atoms with Crippen LogP contribution in [-0.4, -0.2) is 68.8 Å². The van der Waals surface area contributed by atoms with Crippen LogP contribution in [0.25, 0.3) is 11.0 Å². The van der Waals surface area contributed by atoms with E-state index in [2.05, 4.69) is 11.8 Å². The zero-order valence-corrected chi connectivity index (χ0v) is 23.3. The first-order chi connectivity index (χ1) is 19.0. The Morgan fingerprint density at radius 2 is 1.82 bits per heavy atom. The molecule has 0 spiro atoms. The van der Waals surface area contributed by atoms with Gasteiger partial charge in [0.15, 0.2) is 16.9 Å². The van der Waals surface area contributed by atoms with Crippen LogP contribution in [-0.2, 0) is 4.74 Å². The zero-order chi connectivity index (χ0) is 27.4. The molecule has 0 N–H and O–H groups in total. The largest absolute Gasteiger partial charge is 0.493 e. The van der Waals surface area contributed by atoms with Gasteiger partial charge in [0.05, 0.1) is 43.9 Å². The second-order valence-corrected chi connectivity index (χ2v) is 10.4. The molecule has 3 aromatic rings. The monoisotopic (exact) mass is 554 g/mol. The summed E-state index contributed by atoms with van der Waals surface area (Å²) in [7, 11) is 1.59. The first kappa shape index (κ1) is 27.5. The fourth-order valence-corrected chi connectivity index (χ4v) is 5.54. The Labute approximate surface area is 233 Å². The summed E-state index contributed by atoms with van der Waals surface area (Å²) >= 11 is 6.21. The number of benzene rings is 2. The molecule has 0 saturated carbocycles. The van der Waals surface area contributed by atoms with Gasteiger partial charge in [-0.3, -0.25) is 14.5 Å². The van der Waals surface area contributed by atoms with Crippen molar-refractivity contribution in [2.24, 2.45) is 0 Å². The van der Waals surface area contributed by atoms with Crippen molar-refractivity contribution in [3.63, 3.8) is 0 Å². The number of fused-ring (bicyclic) bond motifs is 2. The van der Waals surface area contributed by atoms with Crippen LogP contribution in [0.3, 0.4) is 0 Å². The highest BCUT2D eigenvalue weighted by Gasteiger charge is 2.42. The molecule has 2 aromatic carbocycles. The SMILES string of the molecule is CCCCCOc1ccc(C2c3c(oc4ccc(Cl)cc4c3=O)C(=O)N2CCCN2CCOCC2)cc1OC. The van der Waals surface area contributed by atoms with Crippen LogP contribution >= 0.6 is 11.6 Å². The summed E-state index contributed by atoms with van der Waals surface area (Å²) in [6.45, 7) is 7.24. The van der Waals surface area contributed by atoms with Crippen molar-refractivity contribution >= 4 is 28.5 Å². The van der Waals surface area contributed by atoms with Crippen molar-refractivity contribution in [3.8, 4) is 11.5 Å². The molecule has 8 nitrogen and oxygen atoms in total. The van der Waals surface area contributed by atoms with Gasteiger partial charge in [0.1, 0.15) is 5.58 Å². The minimum absolute atomic E-state index is 0.0880. The first-order valence-electron chi connectivity index (χ1n) is 13.7. The van der Waals surface area contributed by atoms with Gasteiger partial charge in [-0.05, 0) is 48.7 Å².